The van der Waals surface area contributed by atoms with Crippen LogP contribution in [0.15, 0.2) is 54.3 Å². The number of carbonyl (C=O) groups is 2. The highest BCUT2D eigenvalue weighted by Gasteiger charge is 2.40. The van der Waals surface area contributed by atoms with Gasteiger partial charge in [0.2, 0.25) is 5.91 Å². The fourth-order valence-electron chi connectivity index (χ4n) is 4.33. The van der Waals surface area contributed by atoms with Crippen LogP contribution in [-0.2, 0) is 20.9 Å². The quantitative estimate of drug-likeness (QED) is 0.680. The van der Waals surface area contributed by atoms with Crippen molar-refractivity contribution >= 4 is 17.9 Å². The van der Waals surface area contributed by atoms with Crippen LogP contribution in [0, 0.1) is 5.92 Å². The second-order valence-electron chi connectivity index (χ2n) is 8.03. The standard InChI is InChI=1S/C25H28N2O5/c1-30-20-9-5-3-7-16(20)14-23-25(29)27-19-13-17(11-12-22(19)32-23)24(28)26-15-18-8-4-6-10-21(18)31-2/h3-10,14,17,19,22H,11-13,15H2,1-2H3,(H,26,28)(H,27,29)/b23-14-. The number of carbonyl (C=O) groups excluding carboxylic acids is 2. The summed E-state index contributed by atoms with van der Waals surface area (Å²) in [6.45, 7) is 0.405. The number of amides is 2. The van der Waals surface area contributed by atoms with E-state index in [2.05, 4.69) is 10.6 Å². The minimum Gasteiger partial charge on any atom is -0.496 e. The molecule has 1 aliphatic heterocycles. The zero-order valence-corrected chi connectivity index (χ0v) is 18.3. The average molecular weight is 437 g/mol. The number of nitrogens with one attached hydrogen (secondary N) is 2. The molecule has 4 rings (SSSR count). The third-order valence-electron chi connectivity index (χ3n) is 6.05. The molecule has 7 heteroatoms. The molecule has 1 saturated heterocycles. The van der Waals surface area contributed by atoms with Gasteiger partial charge in [-0.15, -0.1) is 0 Å². The van der Waals surface area contributed by atoms with Gasteiger partial charge in [0, 0.05) is 23.6 Å². The molecule has 2 fully saturated rings. The molecule has 32 heavy (non-hydrogen) atoms. The van der Waals surface area contributed by atoms with Crippen LogP contribution in [0.2, 0.25) is 0 Å². The number of morpholine rings is 1. The number of methoxy groups -OCH3 is 2. The third-order valence-corrected chi connectivity index (χ3v) is 6.05. The summed E-state index contributed by atoms with van der Waals surface area (Å²) in [4.78, 5) is 25.4. The molecule has 1 saturated carbocycles. The van der Waals surface area contributed by atoms with Gasteiger partial charge in [0.05, 0.1) is 20.3 Å². The van der Waals surface area contributed by atoms with Crippen molar-refractivity contribution in [1.29, 1.82) is 0 Å². The third kappa shape index (κ3) is 4.72. The molecular weight excluding hydrogens is 408 g/mol. The molecule has 0 bridgehead atoms. The van der Waals surface area contributed by atoms with Gasteiger partial charge in [0.1, 0.15) is 17.6 Å². The molecule has 2 amide bonds. The number of benzene rings is 2. The lowest BCUT2D eigenvalue weighted by molar-refractivity contribution is -0.134. The molecule has 7 nitrogen and oxygen atoms in total. The van der Waals surface area contributed by atoms with Gasteiger partial charge >= 0.3 is 0 Å². The van der Waals surface area contributed by atoms with E-state index in [9.17, 15) is 9.59 Å². The van der Waals surface area contributed by atoms with E-state index in [0.29, 0.717) is 31.6 Å². The highest BCUT2D eigenvalue weighted by Crippen LogP contribution is 2.32. The fraction of sp³-hybridized carbons (Fsp3) is 0.360. The molecule has 2 aromatic carbocycles. The lowest BCUT2D eigenvalue weighted by atomic mass is 9.82. The van der Waals surface area contributed by atoms with E-state index in [1.165, 1.54) is 0 Å². The Morgan fingerprint density at radius 1 is 1.09 bits per heavy atom. The highest BCUT2D eigenvalue weighted by molar-refractivity contribution is 5.97. The average Bonchev–Trinajstić information content (AvgIpc) is 2.83. The Labute approximate surface area is 187 Å². The summed E-state index contributed by atoms with van der Waals surface area (Å²) in [6.07, 6.45) is 3.51. The van der Waals surface area contributed by atoms with Crippen LogP contribution in [-0.4, -0.2) is 38.2 Å². The van der Waals surface area contributed by atoms with E-state index in [1.807, 2.05) is 48.5 Å². The van der Waals surface area contributed by atoms with Crippen molar-refractivity contribution < 1.29 is 23.8 Å². The number of hydrogen-bond donors (Lipinski definition) is 2. The van der Waals surface area contributed by atoms with Crippen molar-refractivity contribution in [2.24, 2.45) is 5.92 Å². The monoisotopic (exact) mass is 436 g/mol. The second kappa shape index (κ2) is 9.77. The SMILES string of the molecule is COc1ccccc1/C=C1\OC2CCC(C(=O)NCc3ccccc3OC)CC2NC1=O. The molecule has 2 N–H and O–H groups in total. The minimum absolute atomic E-state index is 0.0148. The van der Waals surface area contributed by atoms with Crippen LogP contribution >= 0.6 is 0 Å². The Bertz CT molecular complexity index is 1020. The zero-order chi connectivity index (χ0) is 22.5. The highest BCUT2D eigenvalue weighted by atomic mass is 16.5. The molecule has 2 aliphatic rings. The minimum atomic E-state index is -0.271. The maximum Gasteiger partial charge on any atom is 0.286 e. The summed E-state index contributed by atoms with van der Waals surface area (Å²) in [5, 5.41) is 6.04. The van der Waals surface area contributed by atoms with Gasteiger partial charge in [0.15, 0.2) is 5.76 Å². The Kier molecular flexibility index (Phi) is 6.63. The van der Waals surface area contributed by atoms with Gasteiger partial charge < -0.3 is 24.8 Å². The Morgan fingerprint density at radius 2 is 1.81 bits per heavy atom. The molecule has 3 atom stereocenters. The fourth-order valence-corrected chi connectivity index (χ4v) is 4.33. The first kappa shape index (κ1) is 21.7. The smallest absolute Gasteiger partial charge is 0.286 e. The van der Waals surface area contributed by atoms with Crippen LogP contribution in [0.25, 0.3) is 6.08 Å². The molecule has 168 valence electrons. The van der Waals surface area contributed by atoms with E-state index in [1.54, 1.807) is 20.3 Å². The largest absolute Gasteiger partial charge is 0.496 e. The molecule has 0 radical (unpaired) electrons. The molecule has 2 aromatic rings. The number of para-hydroxylation sites is 2. The van der Waals surface area contributed by atoms with Crippen molar-refractivity contribution in [1.82, 2.24) is 10.6 Å². The van der Waals surface area contributed by atoms with Crippen molar-refractivity contribution in [2.45, 2.75) is 38.0 Å². The molecule has 1 aliphatic carbocycles. The van der Waals surface area contributed by atoms with Crippen molar-refractivity contribution in [2.75, 3.05) is 14.2 Å². The number of ether oxygens (including phenoxy) is 3. The first-order valence-electron chi connectivity index (χ1n) is 10.8. The van der Waals surface area contributed by atoms with E-state index in [0.717, 1.165) is 16.9 Å². The van der Waals surface area contributed by atoms with E-state index < -0.39 is 0 Å². The van der Waals surface area contributed by atoms with E-state index >= 15 is 0 Å². The lowest BCUT2D eigenvalue weighted by Gasteiger charge is -2.39. The topological polar surface area (TPSA) is 85.9 Å². The predicted molar refractivity (Wildman–Crippen MR) is 120 cm³/mol. The van der Waals surface area contributed by atoms with Gasteiger partial charge in [-0.2, -0.15) is 0 Å². The van der Waals surface area contributed by atoms with E-state index in [4.69, 9.17) is 14.2 Å². The van der Waals surface area contributed by atoms with Crippen LogP contribution in [0.4, 0.5) is 0 Å². The molecular formula is C25H28N2O5. The van der Waals surface area contributed by atoms with Crippen LogP contribution in [0.1, 0.15) is 30.4 Å². The summed E-state index contributed by atoms with van der Waals surface area (Å²) in [5.74, 6) is 1.24. The zero-order valence-electron chi connectivity index (χ0n) is 18.3. The van der Waals surface area contributed by atoms with Crippen LogP contribution in [0.3, 0.4) is 0 Å². The molecule has 0 spiro atoms. The Morgan fingerprint density at radius 3 is 2.59 bits per heavy atom. The van der Waals surface area contributed by atoms with Gasteiger partial charge in [-0.3, -0.25) is 9.59 Å². The van der Waals surface area contributed by atoms with Crippen molar-refractivity contribution in [3.05, 3.63) is 65.4 Å². The van der Waals surface area contributed by atoms with Gasteiger partial charge in [0.25, 0.3) is 5.91 Å². The summed E-state index contributed by atoms with van der Waals surface area (Å²) >= 11 is 0. The summed E-state index contributed by atoms with van der Waals surface area (Å²) in [5.41, 5.74) is 1.71. The lowest BCUT2D eigenvalue weighted by Crippen LogP contribution is -2.54. The normalized spacial score (nSPS) is 23.5. The van der Waals surface area contributed by atoms with Gasteiger partial charge in [-0.05, 0) is 37.5 Å². The number of fused-ring (bicyclic) bond motifs is 1. The molecule has 3 unspecified atom stereocenters. The van der Waals surface area contributed by atoms with Crippen molar-refractivity contribution in [3.63, 3.8) is 0 Å². The van der Waals surface area contributed by atoms with Crippen LogP contribution in [0.5, 0.6) is 11.5 Å². The Hall–Kier alpha value is -3.48. The Balaban J connectivity index is 1.37. The summed E-state index contributed by atoms with van der Waals surface area (Å²) in [6, 6.07) is 14.9. The molecule has 0 aromatic heterocycles. The number of rotatable bonds is 6. The maximum absolute atomic E-state index is 12.8. The van der Waals surface area contributed by atoms with Gasteiger partial charge in [-0.1, -0.05) is 36.4 Å². The summed E-state index contributed by atoms with van der Waals surface area (Å²) < 4.78 is 16.7. The second-order valence-corrected chi connectivity index (χ2v) is 8.03. The first-order valence-corrected chi connectivity index (χ1v) is 10.8. The van der Waals surface area contributed by atoms with E-state index in [-0.39, 0.29) is 35.6 Å². The molecule has 1 heterocycles. The van der Waals surface area contributed by atoms with Crippen LogP contribution < -0.4 is 20.1 Å². The number of hydrogen-bond acceptors (Lipinski definition) is 5. The first-order chi connectivity index (χ1) is 15.6. The predicted octanol–water partition coefficient (Wildman–Crippen LogP) is 3.04. The maximum atomic E-state index is 12.8. The summed E-state index contributed by atoms with van der Waals surface area (Å²) in [7, 11) is 3.21. The van der Waals surface area contributed by atoms with Crippen molar-refractivity contribution in [3.8, 4) is 11.5 Å². The van der Waals surface area contributed by atoms with Gasteiger partial charge in [-0.25, -0.2) is 0 Å².